The van der Waals surface area contributed by atoms with Gasteiger partial charge in [-0.15, -0.1) is 0 Å². The molecule has 33 heavy (non-hydrogen) atoms. The maximum absolute atomic E-state index is 13.2. The van der Waals surface area contributed by atoms with E-state index in [2.05, 4.69) is 41.7 Å². The molecule has 0 bridgehead atoms. The van der Waals surface area contributed by atoms with Crippen LogP contribution in [0.3, 0.4) is 0 Å². The third kappa shape index (κ3) is 5.65. The molecule has 0 amide bonds. The normalized spacial score (nSPS) is 13.3. The number of aromatic nitrogens is 2. The van der Waals surface area contributed by atoms with E-state index in [9.17, 15) is 9.59 Å². The minimum Gasteiger partial charge on any atom is -0.476 e. The summed E-state index contributed by atoms with van der Waals surface area (Å²) in [5.74, 6) is 0.386. The Bertz CT molecular complexity index is 1270. The maximum atomic E-state index is 13.2. The topological polar surface area (TPSA) is 82.8 Å². The molecule has 0 spiro atoms. The summed E-state index contributed by atoms with van der Waals surface area (Å²) in [4.78, 5) is 29.6. The van der Waals surface area contributed by atoms with Gasteiger partial charge in [-0.3, -0.25) is 4.79 Å². The lowest BCUT2D eigenvalue weighted by molar-refractivity contribution is -0.147. The van der Waals surface area contributed by atoms with Gasteiger partial charge >= 0.3 is 5.97 Å². The monoisotopic (exact) mass is 597 g/mol. The van der Waals surface area contributed by atoms with Crippen LogP contribution < -0.4 is 10.3 Å². The molecule has 0 radical (unpaired) electrons. The Hall–Kier alpha value is -2.23. The molecule has 0 N–H and O–H groups in total. The third-order valence-corrected chi connectivity index (χ3v) is 6.42. The van der Waals surface area contributed by atoms with Crippen LogP contribution in [0.4, 0.5) is 0 Å². The van der Waals surface area contributed by atoms with Gasteiger partial charge in [0, 0.05) is 10.4 Å². The zero-order valence-electron chi connectivity index (χ0n) is 18.4. The minimum absolute atomic E-state index is 0.0220. The second kappa shape index (κ2) is 10.8. The summed E-state index contributed by atoms with van der Waals surface area (Å²) < 4.78 is 12.9. The van der Waals surface area contributed by atoms with Crippen molar-refractivity contribution in [3.63, 3.8) is 0 Å². The molecule has 3 rings (SSSR count). The SMILES string of the molecule is CC[C@@H](C)c1nc2ccc(Br)cc2c(=O)n1N=Cc1cc(Cl)c(O[C@H](C)C(=O)OC)c(Br)c1. The van der Waals surface area contributed by atoms with E-state index in [-0.39, 0.29) is 16.5 Å². The van der Waals surface area contributed by atoms with E-state index in [0.29, 0.717) is 32.5 Å². The highest BCUT2D eigenvalue weighted by Gasteiger charge is 2.19. The highest BCUT2D eigenvalue weighted by atomic mass is 79.9. The number of methoxy groups -OCH3 is 1. The van der Waals surface area contributed by atoms with E-state index in [4.69, 9.17) is 21.3 Å². The molecule has 0 saturated carbocycles. The van der Waals surface area contributed by atoms with E-state index in [1.807, 2.05) is 26.0 Å². The number of fused-ring (bicyclic) bond motifs is 1. The zero-order valence-corrected chi connectivity index (χ0v) is 22.4. The lowest BCUT2D eigenvalue weighted by Gasteiger charge is -2.16. The molecule has 0 saturated heterocycles. The molecule has 0 unspecified atom stereocenters. The van der Waals surface area contributed by atoms with Gasteiger partial charge in [-0.1, -0.05) is 41.4 Å². The van der Waals surface area contributed by atoms with Crippen molar-refractivity contribution in [1.82, 2.24) is 9.66 Å². The van der Waals surface area contributed by atoms with Crippen LogP contribution in [-0.2, 0) is 9.53 Å². The molecule has 1 heterocycles. The highest BCUT2D eigenvalue weighted by molar-refractivity contribution is 9.10. The summed E-state index contributed by atoms with van der Waals surface area (Å²) in [6.07, 6.45) is 1.50. The quantitative estimate of drug-likeness (QED) is 0.249. The van der Waals surface area contributed by atoms with Crippen LogP contribution in [0.5, 0.6) is 5.75 Å². The standard InChI is InChI=1S/C23H22Br2ClN3O4/c1-5-12(2)21-28-19-7-6-15(24)10-16(19)22(30)29(21)27-11-14-8-17(25)20(18(26)9-14)33-13(3)23(31)32-4/h6-13H,5H2,1-4H3/t12-,13-/m1/s1. The summed E-state index contributed by atoms with van der Waals surface area (Å²) in [6, 6.07) is 8.76. The first-order chi connectivity index (χ1) is 15.7. The second-order valence-electron chi connectivity index (χ2n) is 7.40. The third-order valence-electron chi connectivity index (χ3n) is 5.06. The van der Waals surface area contributed by atoms with Gasteiger partial charge in [-0.05, 0) is 65.2 Å². The van der Waals surface area contributed by atoms with E-state index in [0.717, 1.165) is 10.9 Å². The number of carbonyl (C=O) groups is 1. The summed E-state index contributed by atoms with van der Waals surface area (Å²) in [5, 5.41) is 5.19. The van der Waals surface area contributed by atoms with Gasteiger partial charge < -0.3 is 9.47 Å². The van der Waals surface area contributed by atoms with Crippen molar-refractivity contribution in [2.75, 3.05) is 7.11 Å². The number of hydrogen-bond donors (Lipinski definition) is 0. The lowest BCUT2D eigenvalue weighted by atomic mass is 10.1. The number of halogens is 3. The van der Waals surface area contributed by atoms with Crippen LogP contribution in [0, 0.1) is 0 Å². The molecule has 0 aliphatic carbocycles. The molecule has 7 nitrogen and oxygen atoms in total. The van der Waals surface area contributed by atoms with Crippen LogP contribution in [0.1, 0.15) is 44.5 Å². The first kappa shape index (κ1) is 25.4. The Morgan fingerprint density at radius 1 is 1.27 bits per heavy atom. The smallest absolute Gasteiger partial charge is 0.346 e. The zero-order chi connectivity index (χ0) is 24.3. The predicted octanol–water partition coefficient (Wildman–Crippen LogP) is 5.91. The first-order valence-electron chi connectivity index (χ1n) is 10.2. The molecule has 0 aliphatic rings. The van der Waals surface area contributed by atoms with Crippen molar-refractivity contribution in [3.8, 4) is 5.75 Å². The predicted molar refractivity (Wildman–Crippen MR) is 137 cm³/mol. The van der Waals surface area contributed by atoms with Crippen molar-refractivity contribution < 1.29 is 14.3 Å². The molecular weight excluding hydrogens is 578 g/mol. The van der Waals surface area contributed by atoms with Crippen LogP contribution >= 0.6 is 43.5 Å². The molecule has 174 valence electrons. The lowest BCUT2D eigenvalue weighted by Crippen LogP contribution is -2.25. The van der Waals surface area contributed by atoms with Gasteiger partial charge in [0.25, 0.3) is 5.56 Å². The van der Waals surface area contributed by atoms with Crippen molar-refractivity contribution in [1.29, 1.82) is 0 Å². The van der Waals surface area contributed by atoms with Gasteiger partial charge in [-0.25, -0.2) is 9.78 Å². The molecule has 2 aromatic carbocycles. The summed E-state index contributed by atoms with van der Waals surface area (Å²) in [5.41, 5.74) is 0.989. The van der Waals surface area contributed by atoms with Crippen LogP contribution in [0.15, 0.2) is 49.2 Å². The van der Waals surface area contributed by atoms with Gasteiger partial charge in [0.15, 0.2) is 11.9 Å². The number of ether oxygens (including phenoxy) is 2. The van der Waals surface area contributed by atoms with E-state index < -0.39 is 12.1 Å². The molecule has 0 fully saturated rings. The number of esters is 1. The van der Waals surface area contributed by atoms with E-state index in [1.54, 1.807) is 25.1 Å². The first-order valence-corrected chi connectivity index (χ1v) is 12.1. The average Bonchev–Trinajstić information content (AvgIpc) is 2.79. The second-order valence-corrected chi connectivity index (χ2v) is 9.58. The van der Waals surface area contributed by atoms with Gasteiger partial charge in [0.05, 0.1) is 33.7 Å². The van der Waals surface area contributed by atoms with Crippen molar-refractivity contribution in [2.24, 2.45) is 5.10 Å². The molecule has 1 aromatic heterocycles. The van der Waals surface area contributed by atoms with Crippen molar-refractivity contribution in [3.05, 3.63) is 66.0 Å². The fraction of sp³-hybridized carbons (Fsp3) is 0.304. The molecule has 2 atom stereocenters. The Morgan fingerprint density at radius 3 is 2.64 bits per heavy atom. The van der Waals surface area contributed by atoms with Gasteiger partial charge in [0.2, 0.25) is 0 Å². The van der Waals surface area contributed by atoms with Crippen LogP contribution in [0.2, 0.25) is 5.02 Å². The van der Waals surface area contributed by atoms with Gasteiger partial charge in [-0.2, -0.15) is 9.78 Å². The fourth-order valence-electron chi connectivity index (χ4n) is 3.06. The van der Waals surface area contributed by atoms with E-state index in [1.165, 1.54) is 18.0 Å². The molecular formula is C23H22Br2ClN3O4. The summed E-state index contributed by atoms with van der Waals surface area (Å²) in [6.45, 7) is 5.60. The van der Waals surface area contributed by atoms with E-state index >= 15 is 0 Å². The molecule has 3 aromatic rings. The number of benzene rings is 2. The fourth-order valence-corrected chi connectivity index (χ4v) is 4.38. The Balaban J connectivity index is 2.04. The highest BCUT2D eigenvalue weighted by Crippen LogP contribution is 2.35. The Morgan fingerprint density at radius 2 is 2.00 bits per heavy atom. The number of carbonyl (C=O) groups excluding carboxylic acids is 1. The Kier molecular flexibility index (Phi) is 8.31. The maximum Gasteiger partial charge on any atom is 0.346 e. The largest absolute Gasteiger partial charge is 0.476 e. The summed E-state index contributed by atoms with van der Waals surface area (Å²) in [7, 11) is 1.29. The summed E-state index contributed by atoms with van der Waals surface area (Å²) >= 11 is 13.2. The number of rotatable bonds is 7. The number of nitrogens with zero attached hydrogens (tertiary/aromatic N) is 3. The number of hydrogen-bond acceptors (Lipinski definition) is 6. The van der Waals surface area contributed by atoms with Crippen LogP contribution in [-0.4, -0.2) is 35.1 Å². The Labute approximate surface area is 213 Å². The average molecular weight is 600 g/mol. The van der Waals surface area contributed by atoms with Crippen LogP contribution in [0.25, 0.3) is 10.9 Å². The van der Waals surface area contributed by atoms with Crippen molar-refractivity contribution in [2.45, 2.75) is 39.2 Å². The molecule has 0 aliphatic heterocycles. The van der Waals surface area contributed by atoms with Crippen molar-refractivity contribution >= 4 is 66.5 Å². The molecule has 10 heteroatoms. The van der Waals surface area contributed by atoms with Gasteiger partial charge in [0.1, 0.15) is 5.82 Å². The minimum atomic E-state index is -0.831.